The van der Waals surface area contributed by atoms with Gasteiger partial charge in [-0.2, -0.15) is 18.3 Å². The number of rotatable bonds is 5. The van der Waals surface area contributed by atoms with E-state index < -0.39 is 38.1 Å². The molecule has 8 nitrogen and oxygen atoms in total. The Balaban J connectivity index is 1.70. The highest BCUT2D eigenvalue weighted by Crippen LogP contribution is 2.43. The van der Waals surface area contributed by atoms with Crippen LogP contribution in [0.15, 0.2) is 24.7 Å². The monoisotopic (exact) mass is 549 g/mol. The first-order chi connectivity index (χ1) is 16.3. The molecule has 1 amide bonds. The third kappa shape index (κ3) is 4.32. The van der Waals surface area contributed by atoms with E-state index in [1.165, 1.54) is 22.0 Å². The second-order valence-corrected chi connectivity index (χ2v) is 12.6. The molecule has 3 aromatic heterocycles. The van der Waals surface area contributed by atoms with Crippen LogP contribution in [0.3, 0.4) is 0 Å². The maximum atomic E-state index is 13.5. The molecule has 3 N–H and O–H groups in total. The number of halogens is 4. The number of alkyl halides is 3. The number of aromatic nitrogens is 3. The standard InChI is InChI=1S/C21H23ClF3N5O3S2/c1-3-15-12(13-9-28-30-10-11(22)8-27-18(13)30)7-16(34-15)19(31)29-17-14(26)5-4-6-20(17,2)35(32,33)21(23,24)25/h7-10,14,17H,3-6,26H2,1-2H3,(H,29,31)/t14-,17+,20?/m0/s1. The first-order valence-electron chi connectivity index (χ1n) is 10.8. The van der Waals surface area contributed by atoms with E-state index in [0.717, 1.165) is 11.8 Å². The van der Waals surface area contributed by atoms with E-state index in [4.69, 9.17) is 17.3 Å². The third-order valence-electron chi connectivity index (χ3n) is 6.47. The number of hydrogen-bond donors (Lipinski definition) is 2. The first-order valence-corrected chi connectivity index (χ1v) is 13.5. The third-order valence-corrected chi connectivity index (χ3v) is 10.2. The van der Waals surface area contributed by atoms with Gasteiger partial charge >= 0.3 is 5.51 Å². The van der Waals surface area contributed by atoms with Gasteiger partial charge in [0.1, 0.15) is 4.75 Å². The van der Waals surface area contributed by atoms with Gasteiger partial charge in [0, 0.05) is 28.2 Å². The number of nitrogens with zero attached hydrogens (tertiary/aromatic N) is 3. The van der Waals surface area contributed by atoms with Crippen LogP contribution in [0.5, 0.6) is 0 Å². The second-order valence-electron chi connectivity index (χ2n) is 8.67. The highest BCUT2D eigenvalue weighted by atomic mass is 35.5. The van der Waals surface area contributed by atoms with Crippen LogP contribution < -0.4 is 11.1 Å². The second kappa shape index (κ2) is 9.02. The number of fused-ring (bicyclic) bond motifs is 1. The average molecular weight is 550 g/mol. The summed E-state index contributed by atoms with van der Waals surface area (Å²) in [6.07, 6.45) is 5.45. The van der Waals surface area contributed by atoms with E-state index in [9.17, 15) is 26.4 Å². The molecular formula is C21H23ClF3N5O3S2. The highest BCUT2D eigenvalue weighted by molar-refractivity contribution is 7.93. The Kier molecular flexibility index (Phi) is 6.66. The van der Waals surface area contributed by atoms with Crippen molar-refractivity contribution in [1.29, 1.82) is 0 Å². The largest absolute Gasteiger partial charge is 0.498 e. The average Bonchev–Trinajstić information content (AvgIpc) is 3.38. The van der Waals surface area contributed by atoms with Gasteiger partial charge in [0.25, 0.3) is 15.7 Å². The molecule has 1 saturated carbocycles. The van der Waals surface area contributed by atoms with Crippen LogP contribution in [0.25, 0.3) is 16.8 Å². The highest BCUT2D eigenvalue weighted by Gasteiger charge is 2.62. The zero-order valence-electron chi connectivity index (χ0n) is 18.8. The molecule has 1 aliphatic rings. The quantitative estimate of drug-likeness (QED) is 0.497. The van der Waals surface area contributed by atoms with E-state index >= 15 is 0 Å². The molecule has 0 aliphatic heterocycles. The molecule has 0 aromatic carbocycles. The fourth-order valence-electron chi connectivity index (χ4n) is 4.57. The lowest BCUT2D eigenvalue weighted by atomic mass is 9.81. The molecule has 35 heavy (non-hydrogen) atoms. The predicted octanol–water partition coefficient (Wildman–Crippen LogP) is 3.98. The van der Waals surface area contributed by atoms with Gasteiger partial charge in [-0.1, -0.05) is 24.9 Å². The van der Waals surface area contributed by atoms with Crippen molar-refractivity contribution in [3.05, 3.63) is 39.4 Å². The molecule has 1 fully saturated rings. The number of carbonyl (C=O) groups is 1. The number of carbonyl (C=O) groups excluding carboxylic acids is 1. The van der Waals surface area contributed by atoms with Gasteiger partial charge in [0.15, 0.2) is 5.65 Å². The van der Waals surface area contributed by atoms with Gasteiger partial charge in [-0.05, 0) is 32.3 Å². The van der Waals surface area contributed by atoms with Gasteiger partial charge in [-0.3, -0.25) is 4.79 Å². The lowest BCUT2D eigenvalue weighted by molar-refractivity contribution is -0.0470. The number of nitrogens with two attached hydrogens (primary N) is 1. The summed E-state index contributed by atoms with van der Waals surface area (Å²) < 4.78 is 64.6. The number of amides is 1. The van der Waals surface area contributed by atoms with Gasteiger partial charge < -0.3 is 11.1 Å². The minimum atomic E-state index is -5.60. The van der Waals surface area contributed by atoms with Crippen LogP contribution >= 0.6 is 22.9 Å². The number of nitrogens with one attached hydrogen (secondary N) is 1. The van der Waals surface area contributed by atoms with Crippen molar-refractivity contribution >= 4 is 44.3 Å². The van der Waals surface area contributed by atoms with Crippen molar-refractivity contribution < 1.29 is 26.4 Å². The number of aryl methyl sites for hydroxylation is 1. The summed E-state index contributed by atoms with van der Waals surface area (Å²) in [6, 6.07) is -0.754. The van der Waals surface area contributed by atoms with E-state index in [2.05, 4.69) is 15.4 Å². The normalized spacial score (nSPS) is 23.5. The topological polar surface area (TPSA) is 119 Å². The molecule has 0 bridgehead atoms. The Morgan fingerprint density at radius 3 is 2.74 bits per heavy atom. The van der Waals surface area contributed by atoms with Crippen LogP contribution in [0.4, 0.5) is 13.2 Å². The molecule has 3 aromatic rings. The Morgan fingerprint density at radius 1 is 1.37 bits per heavy atom. The van der Waals surface area contributed by atoms with Crippen molar-refractivity contribution in [3.63, 3.8) is 0 Å². The molecule has 3 atom stereocenters. The summed E-state index contributed by atoms with van der Waals surface area (Å²) in [5.41, 5.74) is 2.48. The Bertz CT molecular complexity index is 1390. The first kappa shape index (κ1) is 25.9. The Hall–Kier alpha value is -2.22. The molecule has 4 rings (SSSR count). The van der Waals surface area contributed by atoms with Crippen LogP contribution in [0, 0.1) is 0 Å². The minimum absolute atomic E-state index is 0.203. The molecule has 0 saturated heterocycles. The number of hydrogen-bond acceptors (Lipinski definition) is 7. The van der Waals surface area contributed by atoms with E-state index in [1.807, 2.05) is 6.92 Å². The minimum Gasteiger partial charge on any atom is -0.345 e. The summed E-state index contributed by atoms with van der Waals surface area (Å²) in [5, 5.41) is 7.16. The van der Waals surface area contributed by atoms with Crippen LogP contribution in [0.2, 0.25) is 5.02 Å². The summed E-state index contributed by atoms with van der Waals surface area (Å²) >= 11 is 7.13. The van der Waals surface area contributed by atoms with E-state index in [1.54, 1.807) is 18.5 Å². The van der Waals surface area contributed by atoms with Crippen molar-refractivity contribution in [2.24, 2.45) is 5.73 Å². The Labute approximate surface area is 208 Å². The number of thiophene rings is 1. The zero-order valence-corrected chi connectivity index (χ0v) is 21.2. The number of sulfone groups is 1. The molecule has 0 spiro atoms. The van der Waals surface area contributed by atoms with Crippen molar-refractivity contribution in [1.82, 2.24) is 19.9 Å². The molecule has 14 heteroatoms. The summed E-state index contributed by atoms with van der Waals surface area (Å²) in [7, 11) is -5.60. The van der Waals surface area contributed by atoms with Crippen molar-refractivity contribution in [2.45, 2.75) is 61.9 Å². The van der Waals surface area contributed by atoms with E-state index in [-0.39, 0.29) is 17.7 Å². The van der Waals surface area contributed by atoms with Crippen LogP contribution in [-0.4, -0.2) is 51.3 Å². The Morgan fingerprint density at radius 2 is 2.09 bits per heavy atom. The van der Waals surface area contributed by atoms with Crippen LogP contribution in [0.1, 0.15) is 47.7 Å². The summed E-state index contributed by atoms with van der Waals surface area (Å²) in [4.78, 5) is 18.5. The van der Waals surface area contributed by atoms with Crippen LogP contribution in [-0.2, 0) is 16.3 Å². The SMILES string of the molecule is CCc1sc(C(=O)N[C@@H]2[C@@H](N)CCCC2(C)S(=O)(=O)C(F)(F)F)cc1-c1cnn2cc(Cl)cnc12. The summed E-state index contributed by atoms with van der Waals surface area (Å²) in [5.74, 6) is -0.686. The zero-order chi connectivity index (χ0) is 25.8. The molecule has 190 valence electrons. The van der Waals surface area contributed by atoms with Gasteiger partial charge in [-0.15, -0.1) is 11.3 Å². The van der Waals surface area contributed by atoms with Crippen molar-refractivity contribution in [2.75, 3.05) is 0 Å². The smallest absolute Gasteiger partial charge is 0.345 e. The molecule has 0 radical (unpaired) electrons. The molecular weight excluding hydrogens is 527 g/mol. The lowest BCUT2D eigenvalue weighted by Crippen LogP contribution is -2.66. The van der Waals surface area contributed by atoms with E-state index in [0.29, 0.717) is 34.6 Å². The molecule has 1 aliphatic carbocycles. The van der Waals surface area contributed by atoms with Gasteiger partial charge in [-0.25, -0.2) is 17.9 Å². The van der Waals surface area contributed by atoms with Crippen molar-refractivity contribution in [3.8, 4) is 11.1 Å². The summed E-state index contributed by atoms with van der Waals surface area (Å²) in [6.45, 7) is 2.91. The molecule has 3 heterocycles. The fourth-order valence-corrected chi connectivity index (χ4v) is 7.24. The maximum Gasteiger partial charge on any atom is 0.498 e. The fraction of sp³-hybridized carbons (Fsp3) is 0.476. The predicted molar refractivity (Wildman–Crippen MR) is 127 cm³/mol. The van der Waals surface area contributed by atoms with Gasteiger partial charge in [0.05, 0.1) is 28.3 Å². The van der Waals surface area contributed by atoms with Gasteiger partial charge in [0.2, 0.25) is 0 Å². The molecule has 1 unspecified atom stereocenters. The lowest BCUT2D eigenvalue weighted by Gasteiger charge is -2.44. The maximum absolute atomic E-state index is 13.5.